The smallest absolute Gasteiger partial charge is 0.876 e. The van der Waals surface area contributed by atoms with Crippen LogP contribution in [-0.4, -0.2) is 0 Å². The molecule has 0 spiro atoms. The van der Waals surface area contributed by atoms with Gasteiger partial charge in [0.15, 0.2) is 0 Å². The van der Waals surface area contributed by atoms with Crippen molar-refractivity contribution in [3.63, 3.8) is 0 Å². The predicted octanol–water partition coefficient (Wildman–Crippen LogP) is -2.73. The van der Waals surface area contributed by atoms with Gasteiger partial charge in [0.1, 0.15) is 0 Å². The van der Waals surface area contributed by atoms with Crippen molar-refractivity contribution < 1.29 is 56.5 Å². The fraction of sp³-hybridized carbons (Fsp3) is 0.500. The molecule has 0 saturated carbocycles. The Morgan fingerprint density at radius 2 is 2.00 bits per heavy atom. The van der Waals surface area contributed by atoms with Gasteiger partial charge in [0, 0.05) is 0 Å². The topological polar surface area (TPSA) is 23.1 Å². The summed E-state index contributed by atoms with van der Waals surface area (Å²) in [6.45, 7) is 4.91. The normalized spacial score (nSPS) is 6.17. The van der Waals surface area contributed by atoms with Crippen LogP contribution in [0.1, 0.15) is 13.3 Å². The summed E-state index contributed by atoms with van der Waals surface area (Å²) in [5.41, 5.74) is 0. The molecule has 0 aliphatic heterocycles. The zero-order chi connectivity index (χ0) is 4.28. The zero-order valence-corrected chi connectivity index (χ0v) is 7.45. The minimum Gasteiger partial charge on any atom is -0.876 e. The van der Waals surface area contributed by atoms with Crippen LogP contribution in [0.3, 0.4) is 0 Å². The second-order valence-corrected chi connectivity index (χ2v) is 0.892. The van der Waals surface area contributed by atoms with Gasteiger partial charge in [-0.1, -0.05) is 6.92 Å². The summed E-state index contributed by atoms with van der Waals surface area (Å²) in [7, 11) is 0. The van der Waals surface area contributed by atoms with Gasteiger partial charge in [0.05, 0.1) is 0 Å². The van der Waals surface area contributed by atoms with Crippen molar-refractivity contribution in [3.8, 4) is 0 Å². The minimum absolute atomic E-state index is 0. The van der Waals surface area contributed by atoms with Gasteiger partial charge in [0.25, 0.3) is 0 Å². The molecule has 0 N–H and O–H groups in total. The predicted molar refractivity (Wildman–Crippen MR) is 19.4 cm³/mol. The Balaban J connectivity index is 0. The molecule has 1 nitrogen and oxygen atoms in total. The third-order valence-electron chi connectivity index (χ3n) is 0.394. The van der Waals surface area contributed by atoms with Crippen LogP contribution in [0.25, 0.3) is 0 Å². The fourth-order valence-electron chi connectivity index (χ4n) is 0. The maximum atomic E-state index is 9.70. The molecule has 0 fully saturated rings. The van der Waals surface area contributed by atoms with Crippen LogP contribution >= 0.6 is 0 Å². The van der Waals surface area contributed by atoms with Gasteiger partial charge in [-0.2, -0.15) is 0 Å². The molecule has 0 aromatic rings. The minimum atomic E-state index is 0. The van der Waals surface area contributed by atoms with Crippen LogP contribution in [-0.2, 0) is 0 Å². The third kappa shape index (κ3) is 8.95. The quantitative estimate of drug-likeness (QED) is 0.265. The van der Waals surface area contributed by atoms with Crippen molar-refractivity contribution in [1.82, 2.24) is 0 Å². The van der Waals surface area contributed by atoms with Gasteiger partial charge in [-0.25, -0.2) is 0 Å². The van der Waals surface area contributed by atoms with E-state index in [9.17, 15) is 5.11 Å². The van der Waals surface area contributed by atoms with Crippen molar-refractivity contribution in [2.45, 2.75) is 13.3 Å². The van der Waals surface area contributed by atoms with Crippen LogP contribution in [0.15, 0.2) is 12.3 Å². The summed E-state index contributed by atoms with van der Waals surface area (Å²) in [5.74, 6) is 0.00463. The third-order valence-corrected chi connectivity index (χ3v) is 0.394. The monoisotopic (exact) mass is 110 g/mol. The molecule has 0 aliphatic carbocycles. The van der Waals surface area contributed by atoms with Crippen molar-refractivity contribution in [2.75, 3.05) is 0 Å². The zero-order valence-electron chi connectivity index (χ0n) is 4.32. The van der Waals surface area contributed by atoms with E-state index in [2.05, 4.69) is 6.58 Å². The molecular formula is C4H7KO. The molecule has 0 amide bonds. The van der Waals surface area contributed by atoms with Gasteiger partial charge in [0.2, 0.25) is 0 Å². The first-order chi connectivity index (χ1) is 2.27. The Morgan fingerprint density at radius 1 is 1.83 bits per heavy atom. The van der Waals surface area contributed by atoms with Crippen molar-refractivity contribution in [2.24, 2.45) is 0 Å². The first kappa shape index (κ1) is 10.2. The van der Waals surface area contributed by atoms with E-state index < -0.39 is 0 Å². The van der Waals surface area contributed by atoms with E-state index in [1.807, 2.05) is 0 Å². The van der Waals surface area contributed by atoms with Crippen LogP contribution in [0.5, 0.6) is 0 Å². The maximum absolute atomic E-state index is 9.70. The van der Waals surface area contributed by atoms with Gasteiger partial charge in [-0.05, 0) is 6.42 Å². The molecule has 0 bridgehead atoms. The molecule has 0 rings (SSSR count). The standard InChI is InChI=1S/C4H8O.K/c1-3-4(2)5;/h5H,2-3H2,1H3;/q;+1/p-1. The van der Waals surface area contributed by atoms with E-state index in [1.165, 1.54) is 0 Å². The number of hydrogen-bond donors (Lipinski definition) is 0. The Hall–Kier alpha value is 1.18. The Kier molecular flexibility index (Phi) is 10.5. The molecule has 0 aromatic carbocycles. The van der Waals surface area contributed by atoms with E-state index in [0.29, 0.717) is 6.42 Å². The largest absolute Gasteiger partial charge is 1.00 e. The van der Waals surface area contributed by atoms with E-state index >= 15 is 0 Å². The average Bonchev–Trinajstić information content (AvgIpc) is 1.38. The summed E-state index contributed by atoms with van der Waals surface area (Å²) in [6.07, 6.45) is 0.556. The molecule has 30 valence electrons. The summed E-state index contributed by atoms with van der Waals surface area (Å²) >= 11 is 0. The first-order valence-electron chi connectivity index (χ1n) is 1.62. The molecule has 0 aliphatic rings. The van der Waals surface area contributed by atoms with Crippen LogP contribution in [0.2, 0.25) is 0 Å². The van der Waals surface area contributed by atoms with Crippen LogP contribution < -0.4 is 56.5 Å². The molecule has 2 heteroatoms. The second kappa shape index (κ2) is 6.18. The number of rotatable bonds is 1. The molecule has 0 heterocycles. The van der Waals surface area contributed by atoms with Crippen molar-refractivity contribution in [3.05, 3.63) is 12.3 Å². The molecular weight excluding hydrogens is 103 g/mol. The number of allylic oxidation sites excluding steroid dienone is 1. The summed E-state index contributed by atoms with van der Waals surface area (Å²) in [6, 6.07) is 0. The van der Waals surface area contributed by atoms with E-state index in [-0.39, 0.29) is 57.1 Å². The van der Waals surface area contributed by atoms with Gasteiger partial charge >= 0.3 is 51.4 Å². The summed E-state index contributed by atoms with van der Waals surface area (Å²) in [5, 5.41) is 9.70. The SMILES string of the molecule is C=C([O-])CC.[K+]. The van der Waals surface area contributed by atoms with Gasteiger partial charge < -0.3 is 5.11 Å². The summed E-state index contributed by atoms with van der Waals surface area (Å²) < 4.78 is 0. The van der Waals surface area contributed by atoms with Crippen LogP contribution in [0, 0.1) is 0 Å². The Morgan fingerprint density at radius 3 is 2.00 bits per heavy atom. The van der Waals surface area contributed by atoms with Crippen LogP contribution in [0.4, 0.5) is 0 Å². The van der Waals surface area contributed by atoms with E-state index in [1.54, 1.807) is 6.92 Å². The van der Waals surface area contributed by atoms with Gasteiger partial charge in [-0.3, -0.25) is 0 Å². The number of hydrogen-bond acceptors (Lipinski definition) is 1. The molecule has 0 aromatic heterocycles. The van der Waals surface area contributed by atoms with E-state index in [4.69, 9.17) is 0 Å². The average molecular weight is 110 g/mol. The van der Waals surface area contributed by atoms with Crippen molar-refractivity contribution >= 4 is 0 Å². The molecule has 0 radical (unpaired) electrons. The fourth-order valence-corrected chi connectivity index (χ4v) is 0. The molecule has 0 unspecified atom stereocenters. The second-order valence-electron chi connectivity index (χ2n) is 0.892. The van der Waals surface area contributed by atoms with Gasteiger partial charge in [-0.15, -0.1) is 12.3 Å². The maximum Gasteiger partial charge on any atom is 1.00 e. The summed E-state index contributed by atoms with van der Waals surface area (Å²) in [4.78, 5) is 0. The molecule has 0 atom stereocenters. The van der Waals surface area contributed by atoms with Crippen molar-refractivity contribution in [1.29, 1.82) is 0 Å². The van der Waals surface area contributed by atoms with E-state index in [0.717, 1.165) is 0 Å². The first-order valence-corrected chi connectivity index (χ1v) is 1.62. The molecule has 6 heavy (non-hydrogen) atoms. The Bertz CT molecular complexity index is 42.8. The molecule has 0 saturated heterocycles. The Labute approximate surface area is 80.9 Å².